The van der Waals surface area contributed by atoms with Gasteiger partial charge in [0.1, 0.15) is 11.3 Å². The first-order chi connectivity index (χ1) is 8.11. The molecule has 1 saturated heterocycles. The summed E-state index contributed by atoms with van der Waals surface area (Å²) in [6, 6.07) is 0. The second-order valence-electron chi connectivity index (χ2n) is 3.74. The van der Waals surface area contributed by atoms with Gasteiger partial charge in [0.05, 0.1) is 6.20 Å². The van der Waals surface area contributed by atoms with Crippen LogP contribution in [0.15, 0.2) is 6.20 Å². The van der Waals surface area contributed by atoms with Gasteiger partial charge in [-0.05, 0) is 0 Å². The quantitative estimate of drug-likeness (QED) is 0.823. The number of aromatic nitrogens is 2. The van der Waals surface area contributed by atoms with Crippen molar-refractivity contribution >= 4 is 23.6 Å². The summed E-state index contributed by atoms with van der Waals surface area (Å²) in [6.07, 6.45) is 1.22. The maximum atomic E-state index is 12.2. The number of amides is 1. The lowest BCUT2D eigenvalue weighted by molar-refractivity contribution is 0.0675. The highest BCUT2D eigenvalue weighted by molar-refractivity contribution is 7.99. The van der Waals surface area contributed by atoms with Gasteiger partial charge in [0, 0.05) is 31.6 Å². The Balaban J connectivity index is 2.29. The van der Waals surface area contributed by atoms with Gasteiger partial charge in [0.25, 0.3) is 5.91 Å². The number of rotatable bonds is 2. The van der Waals surface area contributed by atoms with Crippen LogP contribution in [0.2, 0.25) is 0 Å². The smallest absolute Gasteiger partial charge is 0.339 e. The van der Waals surface area contributed by atoms with Crippen LogP contribution < -0.4 is 0 Å². The molecule has 7 heteroatoms. The van der Waals surface area contributed by atoms with E-state index in [9.17, 15) is 9.59 Å². The summed E-state index contributed by atoms with van der Waals surface area (Å²) in [5.41, 5.74) is 0.125. The number of nitrogens with zero attached hydrogens (tertiary/aromatic N) is 3. The van der Waals surface area contributed by atoms with Crippen molar-refractivity contribution in [1.82, 2.24) is 14.7 Å². The van der Waals surface area contributed by atoms with Gasteiger partial charge in [0.15, 0.2) is 0 Å². The molecule has 0 bridgehead atoms. The summed E-state index contributed by atoms with van der Waals surface area (Å²) in [7, 11) is 1.58. The van der Waals surface area contributed by atoms with E-state index in [0.29, 0.717) is 13.1 Å². The van der Waals surface area contributed by atoms with Crippen LogP contribution in [0.5, 0.6) is 0 Å². The van der Waals surface area contributed by atoms with E-state index < -0.39 is 5.97 Å². The fraction of sp³-hybridized carbons (Fsp3) is 0.500. The fourth-order valence-corrected chi connectivity index (χ4v) is 2.67. The van der Waals surface area contributed by atoms with Crippen molar-refractivity contribution in [2.24, 2.45) is 7.05 Å². The second kappa shape index (κ2) is 4.79. The second-order valence-corrected chi connectivity index (χ2v) is 4.96. The van der Waals surface area contributed by atoms with Crippen LogP contribution in [0, 0.1) is 0 Å². The monoisotopic (exact) mass is 255 g/mol. The van der Waals surface area contributed by atoms with Gasteiger partial charge in [-0.2, -0.15) is 16.9 Å². The van der Waals surface area contributed by atoms with Crippen molar-refractivity contribution in [2.75, 3.05) is 24.6 Å². The Kier molecular flexibility index (Phi) is 3.37. The average molecular weight is 255 g/mol. The van der Waals surface area contributed by atoms with Crippen molar-refractivity contribution in [2.45, 2.75) is 0 Å². The highest BCUT2D eigenvalue weighted by Crippen LogP contribution is 2.15. The summed E-state index contributed by atoms with van der Waals surface area (Å²) >= 11 is 1.80. The van der Waals surface area contributed by atoms with Crippen LogP contribution in [0.1, 0.15) is 20.8 Å². The number of hydrogen-bond donors (Lipinski definition) is 1. The van der Waals surface area contributed by atoms with Crippen LogP contribution in [0.4, 0.5) is 0 Å². The van der Waals surface area contributed by atoms with Gasteiger partial charge in [-0.3, -0.25) is 9.48 Å². The summed E-state index contributed by atoms with van der Waals surface area (Å²) in [5.74, 6) is 0.424. The Hall–Kier alpha value is -1.50. The number of carboxylic acids is 1. The van der Waals surface area contributed by atoms with Crippen LogP contribution in [0.3, 0.4) is 0 Å². The molecule has 0 radical (unpaired) electrons. The number of carboxylic acid groups (broad SMARTS) is 1. The SMILES string of the molecule is Cn1ncc(C(=O)O)c1C(=O)N1CCSCC1. The molecule has 0 aliphatic carbocycles. The van der Waals surface area contributed by atoms with E-state index in [1.165, 1.54) is 10.9 Å². The molecule has 92 valence electrons. The van der Waals surface area contributed by atoms with Crippen LogP contribution >= 0.6 is 11.8 Å². The molecular formula is C10H13N3O3S. The minimum Gasteiger partial charge on any atom is -0.478 e. The predicted octanol–water partition coefficient (Wildman–Crippen LogP) is 0.307. The minimum atomic E-state index is -1.12. The highest BCUT2D eigenvalue weighted by atomic mass is 32.2. The van der Waals surface area contributed by atoms with E-state index in [-0.39, 0.29) is 17.2 Å². The van der Waals surface area contributed by atoms with E-state index >= 15 is 0 Å². The number of carbonyl (C=O) groups excluding carboxylic acids is 1. The Morgan fingerprint density at radius 2 is 2.06 bits per heavy atom. The molecule has 0 aromatic carbocycles. The molecule has 1 aromatic heterocycles. The zero-order valence-electron chi connectivity index (χ0n) is 9.42. The zero-order chi connectivity index (χ0) is 12.4. The molecular weight excluding hydrogens is 242 g/mol. The lowest BCUT2D eigenvalue weighted by atomic mass is 10.2. The third-order valence-corrected chi connectivity index (χ3v) is 3.61. The molecule has 1 aliphatic heterocycles. The Labute approximate surface area is 103 Å². The molecule has 0 spiro atoms. The molecule has 1 aliphatic rings. The van der Waals surface area contributed by atoms with Gasteiger partial charge in [-0.15, -0.1) is 0 Å². The number of hydrogen-bond acceptors (Lipinski definition) is 4. The van der Waals surface area contributed by atoms with Crippen molar-refractivity contribution in [3.63, 3.8) is 0 Å². The van der Waals surface area contributed by atoms with Crippen LogP contribution in [-0.4, -0.2) is 56.3 Å². The Bertz CT molecular complexity index is 452. The molecule has 0 unspecified atom stereocenters. The van der Waals surface area contributed by atoms with Gasteiger partial charge in [0.2, 0.25) is 0 Å². The molecule has 0 saturated carbocycles. The molecule has 1 aromatic rings. The number of aryl methyl sites for hydroxylation is 1. The number of aromatic carboxylic acids is 1. The van der Waals surface area contributed by atoms with Crippen molar-refractivity contribution < 1.29 is 14.7 Å². The third kappa shape index (κ3) is 2.28. The molecule has 1 N–H and O–H groups in total. The number of thioether (sulfide) groups is 1. The number of carbonyl (C=O) groups is 2. The lowest BCUT2D eigenvalue weighted by Gasteiger charge is -2.26. The molecule has 1 fully saturated rings. The van der Waals surface area contributed by atoms with E-state index in [0.717, 1.165) is 11.5 Å². The first kappa shape index (κ1) is 12.0. The van der Waals surface area contributed by atoms with Gasteiger partial charge in [-0.25, -0.2) is 4.79 Å². The Morgan fingerprint density at radius 1 is 1.41 bits per heavy atom. The standard InChI is InChI=1S/C10H13N3O3S/c1-12-8(7(6-11-12)10(15)16)9(14)13-2-4-17-5-3-13/h6H,2-5H2,1H3,(H,15,16). The molecule has 2 heterocycles. The zero-order valence-corrected chi connectivity index (χ0v) is 10.2. The van der Waals surface area contributed by atoms with E-state index in [1.54, 1.807) is 23.7 Å². The predicted molar refractivity (Wildman–Crippen MR) is 63.4 cm³/mol. The highest BCUT2D eigenvalue weighted by Gasteiger charge is 2.26. The van der Waals surface area contributed by atoms with E-state index in [4.69, 9.17) is 5.11 Å². The first-order valence-electron chi connectivity index (χ1n) is 5.23. The van der Waals surface area contributed by atoms with Crippen LogP contribution in [-0.2, 0) is 7.05 Å². The largest absolute Gasteiger partial charge is 0.478 e. The van der Waals surface area contributed by atoms with Crippen molar-refractivity contribution in [3.8, 4) is 0 Å². The summed E-state index contributed by atoms with van der Waals surface area (Å²) in [4.78, 5) is 24.9. The minimum absolute atomic E-state index is 0.0317. The van der Waals surface area contributed by atoms with E-state index in [1.807, 2.05) is 0 Å². The van der Waals surface area contributed by atoms with Gasteiger partial charge >= 0.3 is 5.97 Å². The first-order valence-corrected chi connectivity index (χ1v) is 6.39. The molecule has 6 nitrogen and oxygen atoms in total. The van der Waals surface area contributed by atoms with E-state index in [2.05, 4.69) is 5.10 Å². The fourth-order valence-electron chi connectivity index (χ4n) is 1.76. The third-order valence-electron chi connectivity index (χ3n) is 2.67. The molecule has 17 heavy (non-hydrogen) atoms. The summed E-state index contributed by atoms with van der Waals surface area (Å²) in [5, 5.41) is 12.8. The normalized spacial score (nSPS) is 15.9. The van der Waals surface area contributed by atoms with Crippen molar-refractivity contribution in [1.29, 1.82) is 0 Å². The van der Waals surface area contributed by atoms with Gasteiger partial charge in [-0.1, -0.05) is 0 Å². The molecule has 2 rings (SSSR count). The van der Waals surface area contributed by atoms with Crippen LogP contribution in [0.25, 0.3) is 0 Å². The Morgan fingerprint density at radius 3 is 2.65 bits per heavy atom. The topological polar surface area (TPSA) is 75.4 Å². The average Bonchev–Trinajstić information content (AvgIpc) is 2.71. The maximum Gasteiger partial charge on any atom is 0.339 e. The maximum absolute atomic E-state index is 12.2. The summed E-state index contributed by atoms with van der Waals surface area (Å²) in [6.45, 7) is 1.32. The lowest BCUT2D eigenvalue weighted by Crippen LogP contribution is -2.39. The summed E-state index contributed by atoms with van der Waals surface area (Å²) < 4.78 is 1.33. The van der Waals surface area contributed by atoms with Crippen molar-refractivity contribution in [3.05, 3.63) is 17.5 Å². The van der Waals surface area contributed by atoms with Gasteiger partial charge < -0.3 is 10.0 Å². The molecule has 0 atom stereocenters. The molecule has 1 amide bonds.